The van der Waals surface area contributed by atoms with Crippen molar-refractivity contribution in [1.29, 1.82) is 0 Å². The zero-order valence-corrected chi connectivity index (χ0v) is 14.1. The van der Waals surface area contributed by atoms with Gasteiger partial charge in [-0.25, -0.2) is 0 Å². The number of hydrogen-bond acceptors (Lipinski definition) is 2. The van der Waals surface area contributed by atoms with E-state index >= 15 is 0 Å². The number of rotatable bonds is 2. The summed E-state index contributed by atoms with van der Waals surface area (Å²) in [5.41, 5.74) is 7.22. The molecule has 1 fully saturated rings. The molecule has 2 aliphatic heterocycles. The van der Waals surface area contributed by atoms with Crippen LogP contribution in [0.25, 0.3) is 11.1 Å². The van der Waals surface area contributed by atoms with Gasteiger partial charge in [0.15, 0.2) is 0 Å². The monoisotopic (exact) mass is 306 g/mol. The first kappa shape index (κ1) is 14.8. The molecule has 0 saturated carbocycles. The lowest BCUT2D eigenvalue weighted by molar-refractivity contribution is 0.579. The zero-order chi connectivity index (χ0) is 15.8. The van der Waals surface area contributed by atoms with E-state index in [0.29, 0.717) is 17.9 Å². The van der Waals surface area contributed by atoms with E-state index in [1.54, 1.807) is 5.56 Å². The molecule has 2 aliphatic rings. The minimum Gasteiger partial charge on any atom is -0.381 e. The molecule has 2 N–H and O–H groups in total. The summed E-state index contributed by atoms with van der Waals surface area (Å²) in [5.74, 6) is 1.18. The molecule has 2 unspecified atom stereocenters. The first-order chi connectivity index (χ1) is 11.3. The number of fused-ring (bicyclic) bond motifs is 3. The second kappa shape index (κ2) is 6.01. The fourth-order valence-electron chi connectivity index (χ4n) is 4.33. The fourth-order valence-corrected chi connectivity index (χ4v) is 4.33. The Morgan fingerprint density at radius 2 is 1.70 bits per heavy atom. The molecular formula is C21H26N2. The van der Waals surface area contributed by atoms with E-state index in [2.05, 4.69) is 66.9 Å². The molecule has 0 aromatic heterocycles. The van der Waals surface area contributed by atoms with E-state index in [4.69, 9.17) is 0 Å². The van der Waals surface area contributed by atoms with E-state index in [9.17, 15) is 0 Å². The molecule has 2 aromatic carbocycles. The van der Waals surface area contributed by atoms with Crippen LogP contribution in [0.15, 0.2) is 42.5 Å². The second-order valence-corrected chi connectivity index (χ2v) is 7.19. The smallest absolute Gasteiger partial charge is 0.0384 e. The quantitative estimate of drug-likeness (QED) is 0.837. The topological polar surface area (TPSA) is 24.1 Å². The Kier molecular flexibility index (Phi) is 3.86. The lowest BCUT2D eigenvalue weighted by Crippen LogP contribution is -2.21. The normalized spacial score (nSPS) is 23.1. The Bertz CT molecular complexity index is 705. The molecule has 2 heterocycles. The fraction of sp³-hybridized carbons (Fsp3) is 0.429. The molecule has 23 heavy (non-hydrogen) atoms. The van der Waals surface area contributed by atoms with Crippen molar-refractivity contribution in [3.63, 3.8) is 0 Å². The van der Waals surface area contributed by atoms with Gasteiger partial charge in [0.2, 0.25) is 0 Å². The van der Waals surface area contributed by atoms with Crippen molar-refractivity contribution in [1.82, 2.24) is 5.32 Å². The predicted molar refractivity (Wildman–Crippen MR) is 98.2 cm³/mol. The molecule has 2 heteroatoms. The van der Waals surface area contributed by atoms with Gasteiger partial charge < -0.3 is 10.6 Å². The van der Waals surface area contributed by atoms with Crippen molar-refractivity contribution in [3.8, 4) is 11.1 Å². The average molecular weight is 306 g/mol. The maximum atomic E-state index is 3.80. The highest BCUT2D eigenvalue weighted by Crippen LogP contribution is 2.46. The third-order valence-electron chi connectivity index (χ3n) is 5.44. The van der Waals surface area contributed by atoms with Gasteiger partial charge in [-0.2, -0.15) is 0 Å². The Hall–Kier alpha value is -1.80. The Morgan fingerprint density at radius 3 is 2.57 bits per heavy atom. The van der Waals surface area contributed by atoms with Gasteiger partial charge in [0, 0.05) is 17.6 Å². The maximum absolute atomic E-state index is 3.80. The van der Waals surface area contributed by atoms with Crippen LogP contribution in [-0.4, -0.2) is 19.1 Å². The number of nitrogens with one attached hydrogen (secondary N) is 2. The van der Waals surface area contributed by atoms with Crippen LogP contribution in [0, 0.1) is 0 Å². The van der Waals surface area contributed by atoms with Crippen LogP contribution in [0.3, 0.4) is 0 Å². The average Bonchev–Trinajstić information content (AvgIpc) is 2.76. The van der Waals surface area contributed by atoms with E-state index in [0.717, 1.165) is 13.1 Å². The predicted octanol–water partition coefficient (Wildman–Crippen LogP) is 4.74. The van der Waals surface area contributed by atoms with Crippen LogP contribution in [0.2, 0.25) is 0 Å². The molecular weight excluding hydrogens is 280 g/mol. The van der Waals surface area contributed by atoms with Gasteiger partial charge in [0.05, 0.1) is 0 Å². The minimum atomic E-state index is 0.544. The van der Waals surface area contributed by atoms with Gasteiger partial charge in [0.1, 0.15) is 0 Å². The highest BCUT2D eigenvalue weighted by atomic mass is 15.0. The zero-order valence-electron chi connectivity index (χ0n) is 14.1. The summed E-state index contributed by atoms with van der Waals surface area (Å²) in [6, 6.07) is 16.3. The van der Waals surface area contributed by atoms with Crippen molar-refractivity contribution in [2.24, 2.45) is 0 Å². The molecule has 4 rings (SSSR count). The van der Waals surface area contributed by atoms with Gasteiger partial charge in [-0.15, -0.1) is 0 Å². The Labute approximate surface area is 139 Å². The van der Waals surface area contributed by atoms with Crippen molar-refractivity contribution >= 4 is 5.69 Å². The second-order valence-electron chi connectivity index (χ2n) is 7.19. The Balaban J connectivity index is 1.85. The summed E-state index contributed by atoms with van der Waals surface area (Å²) in [6.45, 7) is 6.83. The molecule has 2 atom stereocenters. The summed E-state index contributed by atoms with van der Waals surface area (Å²) in [6.07, 6.45) is 2.44. The number of hydrogen-bond donors (Lipinski definition) is 2. The van der Waals surface area contributed by atoms with E-state index in [1.165, 1.54) is 35.2 Å². The molecule has 120 valence electrons. The lowest BCUT2D eigenvalue weighted by Gasteiger charge is -2.20. The van der Waals surface area contributed by atoms with Crippen LogP contribution in [0.5, 0.6) is 0 Å². The van der Waals surface area contributed by atoms with Gasteiger partial charge in [-0.05, 0) is 60.2 Å². The highest BCUT2D eigenvalue weighted by Gasteiger charge is 2.34. The van der Waals surface area contributed by atoms with Crippen LogP contribution < -0.4 is 10.6 Å². The van der Waals surface area contributed by atoms with Gasteiger partial charge in [0.25, 0.3) is 0 Å². The van der Waals surface area contributed by atoms with Crippen LogP contribution in [0.1, 0.15) is 49.7 Å². The van der Waals surface area contributed by atoms with Crippen LogP contribution in [0.4, 0.5) is 5.69 Å². The number of anilines is 1. The summed E-state index contributed by atoms with van der Waals surface area (Å²) in [7, 11) is 0. The molecule has 0 radical (unpaired) electrons. The molecule has 1 saturated heterocycles. The van der Waals surface area contributed by atoms with E-state index in [-0.39, 0.29) is 0 Å². The van der Waals surface area contributed by atoms with E-state index in [1.807, 2.05) is 0 Å². The summed E-state index contributed by atoms with van der Waals surface area (Å²) in [5, 5.41) is 7.35. The van der Waals surface area contributed by atoms with Gasteiger partial charge in [-0.1, -0.05) is 50.2 Å². The first-order valence-corrected chi connectivity index (χ1v) is 8.95. The standard InChI is InChI=1S/C21H26N2/c1-14(2)15-6-3-4-7-16(15)17-8-5-9-20-21(17)18-10-12-22-13-11-19(18)23-20/h3-9,14,18-19,22-23H,10-13H2,1-2H3. The highest BCUT2D eigenvalue weighted by molar-refractivity contribution is 5.79. The van der Waals surface area contributed by atoms with Gasteiger partial charge in [-0.3, -0.25) is 0 Å². The van der Waals surface area contributed by atoms with Crippen molar-refractivity contribution in [2.75, 3.05) is 18.4 Å². The van der Waals surface area contributed by atoms with Crippen molar-refractivity contribution < 1.29 is 0 Å². The summed E-state index contributed by atoms with van der Waals surface area (Å²) in [4.78, 5) is 0. The lowest BCUT2D eigenvalue weighted by atomic mass is 9.83. The minimum absolute atomic E-state index is 0.544. The largest absolute Gasteiger partial charge is 0.381 e. The maximum Gasteiger partial charge on any atom is 0.0384 e. The summed E-state index contributed by atoms with van der Waals surface area (Å²) >= 11 is 0. The first-order valence-electron chi connectivity index (χ1n) is 8.95. The van der Waals surface area contributed by atoms with Crippen molar-refractivity contribution in [2.45, 2.75) is 44.6 Å². The Morgan fingerprint density at radius 1 is 0.913 bits per heavy atom. The number of benzene rings is 2. The third-order valence-corrected chi connectivity index (χ3v) is 5.44. The molecule has 2 nitrogen and oxygen atoms in total. The van der Waals surface area contributed by atoms with Gasteiger partial charge >= 0.3 is 0 Å². The molecule has 0 spiro atoms. The third kappa shape index (κ3) is 2.55. The van der Waals surface area contributed by atoms with Crippen molar-refractivity contribution in [3.05, 3.63) is 53.6 Å². The summed E-state index contributed by atoms with van der Waals surface area (Å²) < 4.78 is 0. The van der Waals surface area contributed by atoms with Crippen LogP contribution >= 0.6 is 0 Å². The molecule has 0 aliphatic carbocycles. The van der Waals surface area contributed by atoms with E-state index < -0.39 is 0 Å². The van der Waals surface area contributed by atoms with Crippen LogP contribution in [-0.2, 0) is 0 Å². The SMILES string of the molecule is CC(C)c1ccccc1-c1cccc2c1C1CCNCCC1N2. The molecule has 0 amide bonds. The molecule has 2 aromatic rings. The molecule has 0 bridgehead atoms.